The minimum atomic E-state index is -0.480. The zero-order valence-corrected chi connectivity index (χ0v) is 12.6. The monoisotopic (exact) mass is 344 g/mol. The molecular weight excluding hydrogens is 335 g/mol. The second kappa shape index (κ2) is 5.71. The first kappa shape index (κ1) is 14.0. The van der Waals surface area contributed by atoms with E-state index in [1.807, 2.05) is 0 Å². The molecule has 2 rings (SSSR count). The molecule has 0 aliphatic carbocycles. The molecule has 0 amide bonds. The Morgan fingerprint density at radius 1 is 1.26 bits per heavy atom. The summed E-state index contributed by atoms with van der Waals surface area (Å²) in [5, 5.41) is 1.76. The number of carbonyl (C=O) groups is 1. The lowest BCUT2D eigenvalue weighted by molar-refractivity contribution is 0.103. The van der Waals surface area contributed by atoms with Crippen LogP contribution in [0.1, 0.15) is 15.2 Å². The number of hydrogen-bond donors (Lipinski definition) is 0. The third kappa shape index (κ3) is 2.64. The minimum Gasteiger partial charge on any atom is -0.496 e. The summed E-state index contributed by atoms with van der Waals surface area (Å²) < 4.78 is 23.8. The third-order valence-electron chi connectivity index (χ3n) is 2.54. The molecule has 100 valence electrons. The summed E-state index contributed by atoms with van der Waals surface area (Å²) >= 11 is 4.33. The smallest absolute Gasteiger partial charge is 0.210 e. The molecule has 1 aromatic carbocycles. The van der Waals surface area contributed by atoms with Crippen molar-refractivity contribution in [3.8, 4) is 11.5 Å². The van der Waals surface area contributed by atoms with Gasteiger partial charge in [0.1, 0.15) is 22.2 Å². The van der Waals surface area contributed by atoms with Crippen LogP contribution in [0.3, 0.4) is 0 Å². The van der Waals surface area contributed by atoms with Gasteiger partial charge in [-0.3, -0.25) is 4.79 Å². The predicted molar refractivity (Wildman–Crippen MR) is 75.0 cm³/mol. The maximum Gasteiger partial charge on any atom is 0.210 e. The quantitative estimate of drug-likeness (QED) is 0.789. The van der Waals surface area contributed by atoms with Crippen molar-refractivity contribution < 1.29 is 18.7 Å². The van der Waals surface area contributed by atoms with Gasteiger partial charge in [-0.25, -0.2) is 4.39 Å². The standard InChI is InChI=1S/C13H10BrFO3S/c1-17-10-3-4-19-13(10)12(16)7-5-8(14)9(15)6-11(7)18-2/h3-6H,1-2H3. The molecule has 1 aromatic heterocycles. The van der Waals surface area contributed by atoms with E-state index >= 15 is 0 Å². The number of benzene rings is 1. The summed E-state index contributed by atoms with van der Waals surface area (Å²) in [6.07, 6.45) is 0. The normalized spacial score (nSPS) is 10.3. The molecular formula is C13H10BrFO3S. The van der Waals surface area contributed by atoms with Crippen LogP contribution in [0.15, 0.2) is 28.1 Å². The summed E-state index contributed by atoms with van der Waals surface area (Å²) in [5.41, 5.74) is 0.288. The number of ketones is 1. The molecule has 3 nitrogen and oxygen atoms in total. The highest BCUT2D eigenvalue weighted by Gasteiger charge is 2.21. The number of thiophene rings is 1. The van der Waals surface area contributed by atoms with Crippen LogP contribution in [-0.2, 0) is 0 Å². The van der Waals surface area contributed by atoms with Gasteiger partial charge in [-0.1, -0.05) is 0 Å². The van der Waals surface area contributed by atoms with E-state index in [0.717, 1.165) is 0 Å². The van der Waals surface area contributed by atoms with E-state index in [4.69, 9.17) is 9.47 Å². The molecule has 0 fully saturated rings. The molecule has 0 radical (unpaired) electrons. The predicted octanol–water partition coefficient (Wildman–Crippen LogP) is 3.90. The molecule has 0 saturated carbocycles. The van der Waals surface area contributed by atoms with Crippen LogP contribution in [0.5, 0.6) is 11.5 Å². The first-order chi connectivity index (χ1) is 9.08. The first-order valence-corrected chi connectivity index (χ1v) is 6.95. The number of hydrogen-bond acceptors (Lipinski definition) is 4. The van der Waals surface area contributed by atoms with Crippen molar-refractivity contribution in [1.82, 2.24) is 0 Å². The van der Waals surface area contributed by atoms with Gasteiger partial charge in [0.05, 0.1) is 24.3 Å². The topological polar surface area (TPSA) is 35.5 Å². The van der Waals surface area contributed by atoms with Gasteiger partial charge in [-0.15, -0.1) is 11.3 Å². The summed E-state index contributed by atoms with van der Waals surface area (Å²) in [6.45, 7) is 0. The lowest BCUT2D eigenvalue weighted by Gasteiger charge is -2.09. The van der Waals surface area contributed by atoms with Gasteiger partial charge in [0, 0.05) is 6.07 Å². The van der Waals surface area contributed by atoms with Crippen LogP contribution in [-0.4, -0.2) is 20.0 Å². The third-order valence-corrected chi connectivity index (χ3v) is 4.04. The minimum absolute atomic E-state index is 0.196. The fourth-order valence-corrected chi connectivity index (χ4v) is 2.78. The van der Waals surface area contributed by atoms with E-state index in [-0.39, 0.29) is 21.6 Å². The second-order valence-electron chi connectivity index (χ2n) is 3.61. The van der Waals surface area contributed by atoms with Gasteiger partial charge in [0.2, 0.25) is 5.78 Å². The van der Waals surface area contributed by atoms with Gasteiger partial charge in [-0.2, -0.15) is 0 Å². The van der Waals surface area contributed by atoms with Crippen molar-refractivity contribution >= 4 is 33.0 Å². The Morgan fingerprint density at radius 3 is 2.58 bits per heavy atom. The number of ether oxygens (including phenoxy) is 2. The lowest BCUT2D eigenvalue weighted by Crippen LogP contribution is -2.04. The van der Waals surface area contributed by atoms with Crippen molar-refractivity contribution in [2.75, 3.05) is 14.2 Å². The van der Waals surface area contributed by atoms with Crippen LogP contribution in [0, 0.1) is 5.82 Å². The van der Waals surface area contributed by atoms with E-state index in [0.29, 0.717) is 10.6 Å². The van der Waals surface area contributed by atoms with Crippen molar-refractivity contribution in [1.29, 1.82) is 0 Å². The zero-order chi connectivity index (χ0) is 14.0. The maximum absolute atomic E-state index is 13.4. The highest BCUT2D eigenvalue weighted by Crippen LogP contribution is 2.33. The van der Waals surface area contributed by atoms with Gasteiger partial charge in [-0.05, 0) is 33.4 Å². The lowest BCUT2D eigenvalue weighted by atomic mass is 10.1. The Morgan fingerprint density at radius 2 is 1.95 bits per heavy atom. The van der Waals surface area contributed by atoms with E-state index in [9.17, 15) is 9.18 Å². The number of carbonyl (C=O) groups excluding carboxylic acids is 1. The Labute approximate surface area is 122 Å². The molecule has 0 spiro atoms. The Bertz CT molecular complexity index is 624. The van der Waals surface area contributed by atoms with Crippen molar-refractivity contribution in [2.45, 2.75) is 0 Å². The molecule has 6 heteroatoms. The van der Waals surface area contributed by atoms with Crippen LogP contribution in [0.2, 0.25) is 0 Å². The zero-order valence-electron chi connectivity index (χ0n) is 10.2. The average molecular weight is 345 g/mol. The Balaban J connectivity index is 2.52. The van der Waals surface area contributed by atoms with E-state index in [1.54, 1.807) is 11.4 Å². The van der Waals surface area contributed by atoms with Gasteiger partial charge in [0.25, 0.3) is 0 Å². The molecule has 0 saturated heterocycles. The van der Waals surface area contributed by atoms with E-state index < -0.39 is 5.82 Å². The Kier molecular flexibility index (Phi) is 4.21. The second-order valence-corrected chi connectivity index (χ2v) is 5.38. The number of rotatable bonds is 4. The average Bonchev–Trinajstić information content (AvgIpc) is 2.88. The summed E-state index contributed by atoms with van der Waals surface area (Å²) in [6, 6.07) is 4.30. The number of methoxy groups -OCH3 is 2. The van der Waals surface area contributed by atoms with Crippen LogP contribution < -0.4 is 9.47 Å². The molecule has 0 N–H and O–H groups in total. The van der Waals surface area contributed by atoms with Crippen molar-refractivity contribution in [2.24, 2.45) is 0 Å². The van der Waals surface area contributed by atoms with E-state index in [1.165, 1.54) is 37.7 Å². The van der Waals surface area contributed by atoms with Crippen molar-refractivity contribution in [3.05, 3.63) is 44.3 Å². The molecule has 1 heterocycles. The summed E-state index contributed by atoms with van der Waals surface area (Å²) in [7, 11) is 2.89. The molecule has 0 aliphatic rings. The maximum atomic E-state index is 13.4. The highest BCUT2D eigenvalue weighted by atomic mass is 79.9. The van der Waals surface area contributed by atoms with Crippen LogP contribution in [0.4, 0.5) is 4.39 Å². The first-order valence-electron chi connectivity index (χ1n) is 5.27. The van der Waals surface area contributed by atoms with Crippen molar-refractivity contribution in [3.63, 3.8) is 0 Å². The fraction of sp³-hybridized carbons (Fsp3) is 0.154. The molecule has 0 aliphatic heterocycles. The highest BCUT2D eigenvalue weighted by molar-refractivity contribution is 9.10. The number of halogens is 2. The molecule has 0 unspecified atom stereocenters. The summed E-state index contributed by atoms with van der Waals surface area (Å²) in [5.74, 6) is -0.0467. The van der Waals surface area contributed by atoms with Gasteiger partial charge in [0.15, 0.2) is 0 Å². The molecule has 19 heavy (non-hydrogen) atoms. The van der Waals surface area contributed by atoms with Crippen LogP contribution in [0.25, 0.3) is 0 Å². The molecule has 0 bridgehead atoms. The fourth-order valence-electron chi connectivity index (χ4n) is 1.62. The summed E-state index contributed by atoms with van der Waals surface area (Å²) in [4.78, 5) is 12.9. The van der Waals surface area contributed by atoms with E-state index in [2.05, 4.69) is 15.9 Å². The van der Waals surface area contributed by atoms with Gasteiger partial charge >= 0.3 is 0 Å². The SMILES string of the molecule is COc1cc(F)c(Br)cc1C(=O)c1sccc1OC. The largest absolute Gasteiger partial charge is 0.496 e. The molecule has 0 atom stereocenters. The molecule has 2 aromatic rings. The van der Waals surface area contributed by atoms with Crippen LogP contribution >= 0.6 is 27.3 Å². The van der Waals surface area contributed by atoms with Gasteiger partial charge < -0.3 is 9.47 Å². The Hall–Kier alpha value is -1.40.